The molecule has 0 aromatic heterocycles. The second-order valence-electron chi connectivity index (χ2n) is 7.88. The maximum absolute atomic E-state index is 13.4. The van der Waals surface area contributed by atoms with E-state index in [1.54, 1.807) is 0 Å². The average molecular weight is 422 g/mol. The van der Waals surface area contributed by atoms with Crippen LogP contribution in [0.1, 0.15) is 28.8 Å². The first-order chi connectivity index (χ1) is 14.7. The third kappa shape index (κ3) is 5.04. The second-order valence-corrected chi connectivity index (χ2v) is 8.96. The first-order valence-corrected chi connectivity index (χ1v) is 11.4. The Balaban J connectivity index is 1.47. The molecule has 0 N–H and O–H groups in total. The molecule has 30 heavy (non-hydrogen) atoms. The van der Waals surface area contributed by atoms with Gasteiger partial charge in [-0.2, -0.15) is 5.26 Å². The van der Waals surface area contributed by atoms with E-state index in [4.69, 9.17) is 4.74 Å². The molecule has 1 amide bonds. The van der Waals surface area contributed by atoms with Crippen LogP contribution in [0.5, 0.6) is 0 Å². The second kappa shape index (κ2) is 10.1. The molecular formula is C24H27N3O2S. The fraction of sp³-hybridized carbons (Fsp3) is 0.417. The Morgan fingerprint density at radius 2 is 1.80 bits per heavy atom. The first-order valence-electron chi connectivity index (χ1n) is 10.6. The lowest BCUT2D eigenvalue weighted by Crippen LogP contribution is -2.46. The van der Waals surface area contributed by atoms with Crippen molar-refractivity contribution in [3.05, 3.63) is 59.7 Å². The van der Waals surface area contributed by atoms with Crippen molar-refractivity contribution >= 4 is 17.7 Å². The van der Waals surface area contributed by atoms with E-state index >= 15 is 0 Å². The lowest BCUT2D eigenvalue weighted by Gasteiger charge is -2.37. The van der Waals surface area contributed by atoms with Gasteiger partial charge in [-0.3, -0.25) is 9.69 Å². The molecular weight excluding hydrogens is 394 g/mol. The summed E-state index contributed by atoms with van der Waals surface area (Å²) in [7, 11) is 0. The molecule has 2 aliphatic rings. The van der Waals surface area contributed by atoms with Gasteiger partial charge in [0.05, 0.1) is 24.3 Å². The summed E-state index contributed by atoms with van der Waals surface area (Å²) < 4.78 is 5.46. The number of hydrogen-bond donors (Lipinski definition) is 0. The smallest absolute Gasteiger partial charge is 0.255 e. The number of amides is 1. The highest BCUT2D eigenvalue weighted by Crippen LogP contribution is 2.33. The monoisotopic (exact) mass is 421 g/mol. The molecule has 0 aliphatic carbocycles. The lowest BCUT2D eigenvalue weighted by molar-refractivity contribution is 0.0223. The molecule has 2 fully saturated rings. The van der Waals surface area contributed by atoms with Crippen molar-refractivity contribution in [2.24, 2.45) is 5.92 Å². The number of likely N-dealkylation sites (tertiary alicyclic amines) is 1. The van der Waals surface area contributed by atoms with E-state index in [1.165, 1.54) is 18.2 Å². The topological polar surface area (TPSA) is 56.6 Å². The molecule has 0 bridgehead atoms. The molecule has 2 aromatic carbocycles. The summed E-state index contributed by atoms with van der Waals surface area (Å²) in [4.78, 5) is 19.7. The zero-order chi connectivity index (χ0) is 20.8. The maximum atomic E-state index is 13.4. The number of nitriles is 1. The van der Waals surface area contributed by atoms with E-state index in [2.05, 4.69) is 11.0 Å². The minimum Gasteiger partial charge on any atom is -0.379 e. The molecule has 4 rings (SSSR count). The quantitative estimate of drug-likeness (QED) is 0.733. The molecule has 0 saturated carbocycles. The Kier molecular flexibility index (Phi) is 7.06. The Hall–Kier alpha value is -2.33. The van der Waals surface area contributed by atoms with Crippen molar-refractivity contribution in [3.63, 3.8) is 0 Å². The van der Waals surface area contributed by atoms with Gasteiger partial charge in [0.1, 0.15) is 6.07 Å². The summed E-state index contributed by atoms with van der Waals surface area (Å²) in [5.74, 6) is 0.610. The zero-order valence-electron chi connectivity index (χ0n) is 17.1. The number of piperidine rings is 1. The van der Waals surface area contributed by atoms with E-state index in [0.717, 1.165) is 67.7 Å². The van der Waals surface area contributed by atoms with Crippen LogP contribution in [0.15, 0.2) is 58.3 Å². The van der Waals surface area contributed by atoms with Gasteiger partial charge in [-0.05, 0) is 43.0 Å². The van der Waals surface area contributed by atoms with Crippen LogP contribution < -0.4 is 0 Å². The van der Waals surface area contributed by atoms with Gasteiger partial charge in [-0.25, -0.2) is 0 Å². The largest absolute Gasteiger partial charge is 0.379 e. The third-order valence-electron chi connectivity index (χ3n) is 5.77. The lowest BCUT2D eigenvalue weighted by atomic mass is 9.96. The van der Waals surface area contributed by atoms with Gasteiger partial charge in [0.25, 0.3) is 5.91 Å². The van der Waals surface area contributed by atoms with Gasteiger partial charge in [0.2, 0.25) is 0 Å². The normalized spacial score (nSPS) is 20.0. The molecule has 2 saturated heterocycles. The number of morpholine rings is 1. The molecule has 0 spiro atoms. The van der Waals surface area contributed by atoms with Gasteiger partial charge in [-0.15, -0.1) is 0 Å². The number of benzene rings is 2. The third-order valence-corrected chi connectivity index (χ3v) is 6.92. The van der Waals surface area contributed by atoms with Crippen LogP contribution in [0, 0.1) is 17.2 Å². The zero-order valence-corrected chi connectivity index (χ0v) is 17.9. The predicted molar refractivity (Wildman–Crippen MR) is 118 cm³/mol. The van der Waals surface area contributed by atoms with Crippen molar-refractivity contribution in [2.45, 2.75) is 22.6 Å². The summed E-state index contributed by atoms with van der Waals surface area (Å²) in [6, 6.07) is 17.5. The molecule has 2 aliphatic heterocycles. The fourth-order valence-electron chi connectivity index (χ4n) is 4.22. The predicted octanol–water partition coefficient (Wildman–Crippen LogP) is 3.89. The maximum Gasteiger partial charge on any atom is 0.255 e. The molecule has 1 unspecified atom stereocenters. The molecule has 0 radical (unpaired) electrons. The van der Waals surface area contributed by atoms with Gasteiger partial charge >= 0.3 is 0 Å². The van der Waals surface area contributed by atoms with Gasteiger partial charge in [0.15, 0.2) is 0 Å². The molecule has 5 nitrogen and oxygen atoms in total. The van der Waals surface area contributed by atoms with Crippen LogP contribution >= 0.6 is 11.8 Å². The molecule has 6 heteroatoms. The number of nitrogens with zero attached hydrogens (tertiary/aromatic N) is 3. The number of ether oxygens (including phenoxy) is 1. The number of rotatable bonds is 5. The van der Waals surface area contributed by atoms with Gasteiger partial charge in [0, 0.05) is 42.5 Å². The Bertz CT molecular complexity index is 921. The van der Waals surface area contributed by atoms with Crippen LogP contribution in [0.3, 0.4) is 0 Å². The minimum absolute atomic E-state index is 0.0965. The van der Waals surface area contributed by atoms with Crippen molar-refractivity contribution in [1.29, 1.82) is 5.26 Å². The van der Waals surface area contributed by atoms with Crippen molar-refractivity contribution < 1.29 is 9.53 Å². The summed E-state index contributed by atoms with van der Waals surface area (Å²) in [6.45, 7) is 6.26. The fourth-order valence-corrected chi connectivity index (χ4v) is 5.24. The highest BCUT2D eigenvalue weighted by atomic mass is 32.2. The van der Waals surface area contributed by atoms with E-state index in [1.807, 2.05) is 53.4 Å². The highest BCUT2D eigenvalue weighted by Gasteiger charge is 2.27. The summed E-state index contributed by atoms with van der Waals surface area (Å²) in [6.07, 6.45) is 2.22. The van der Waals surface area contributed by atoms with E-state index in [-0.39, 0.29) is 5.91 Å². The van der Waals surface area contributed by atoms with Gasteiger partial charge in [-0.1, -0.05) is 36.0 Å². The van der Waals surface area contributed by atoms with Crippen molar-refractivity contribution in [2.75, 3.05) is 45.9 Å². The van der Waals surface area contributed by atoms with Crippen molar-refractivity contribution in [1.82, 2.24) is 9.80 Å². The van der Waals surface area contributed by atoms with Crippen LogP contribution in [-0.4, -0.2) is 61.6 Å². The molecule has 2 aromatic rings. The first kappa shape index (κ1) is 20.9. The summed E-state index contributed by atoms with van der Waals surface area (Å²) in [5, 5.41) is 9.39. The number of hydrogen-bond acceptors (Lipinski definition) is 5. The Labute approximate surface area is 182 Å². The average Bonchev–Trinajstić information content (AvgIpc) is 2.80. The van der Waals surface area contributed by atoms with Crippen molar-refractivity contribution in [3.8, 4) is 6.07 Å². The number of carbonyl (C=O) groups excluding carboxylic acids is 1. The highest BCUT2D eigenvalue weighted by molar-refractivity contribution is 7.99. The summed E-state index contributed by atoms with van der Waals surface area (Å²) in [5.41, 5.74) is 1.36. The minimum atomic E-state index is 0.0965. The van der Waals surface area contributed by atoms with Crippen LogP contribution in [0.25, 0.3) is 0 Å². The Morgan fingerprint density at radius 1 is 1.07 bits per heavy atom. The van der Waals surface area contributed by atoms with Crippen LogP contribution in [-0.2, 0) is 4.74 Å². The van der Waals surface area contributed by atoms with Gasteiger partial charge < -0.3 is 9.64 Å². The molecule has 2 heterocycles. The Morgan fingerprint density at radius 3 is 2.60 bits per heavy atom. The summed E-state index contributed by atoms with van der Waals surface area (Å²) >= 11 is 1.49. The van der Waals surface area contributed by atoms with E-state index in [0.29, 0.717) is 11.5 Å². The van der Waals surface area contributed by atoms with Crippen LogP contribution in [0.2, 0.25) is 0 Å². The standard InChI is InChI=1S/C24H27N3O2S/c25-16-20-7-1-3-9-22(20)30-23-10-4-2-8-21(23)24(28)27-11-5-6-19(18-27)17-26-12-14-29-15-13-26/h1-4,7-10,19H,5-6,11-15,17-18H2. The van der Waals surface area contributed by atoms with Crippen LogP contribution in [0.4, 0.5) is 0 Å². The van der Waals surface area contributed by atoms with E-state index < -0.39 is 0 Å². The van der Waals surface area contributed by atoms with E-state index in [9.17, 15) is 10.1 Å². The number of carbonyl (C=O) groups is 1. The molecule has 156 valence electrons. The molecule has 1 atom stereocenters. The SMILES string of the molecule is N#Cc1ccccc1Sc1ccccc1C(=O)N1CCCC(CN2CCOCC2)C1.